The van der Waals surface area contributed by atoms with E-state index in [2.05, 4.69) is 0 Å². The number of hydrogen-bond acceptors (Lipinski definition) is 4. The predicted octanol–water partition coefficient (Wildman–Crippen LogP) is 3.13. The van der Waals surface area contributed by atoms with Crippen LogP contribution in [0.25, 0.3) is 0 Å². The Kier molecular flexibility index (Phi) is 6.62. The van der Waals surface area contributed by atoms with Gasteiger partial charge < -0.3 is 14.2 Å². The van der Waals surface area contributed by atoms with Crippen molar-refractivity contribution in [3.63, 3.8) is 0 Å². The van der Waals surface area contributed by atoms with E-state index in [0.717, 1.165) is 31.4 Å². The van der Waals surface area contributed by atoms with Crippen molar-refractivity contribution in [1.29, 1.82) is 0 Å². The number of aromatic nitrogens is 1. The van der Waals surface area contributed by atoms with E-state index < -0.39 is 5.97 Å². The molecule has 144 valence electrons. The second kappa shape index (κ2) is 8.52. The van der Waals surface area contributed by atoms with Crippen LogP contribution >= 0.6 is 0 Å². The molecule has 2 rings (SSSR count). The molecule has 1 aliphatic rings. The number of rotatable bonds is 7. The van der Waals surface area contributed by atoms with Crippen molar-refractivity contribution in [1.82, 2.24) is 9.47 Å². The van der Waals surface area contributed by atoms with E-state index >= 15 is 0 Å². The van der Waals surface area contributed by atoms with Gasteiger partial charge in [-0.3, -0.25) is 9.59 Å². The van der Waals surface area contributed by atoms with Crippen LogP contribution in [-0.4, -0.2) is 47.3 Å². The first-order valence-electron chi connectivity index (χ1n) is 9.47. The van der Waals surface area contributed by atoms with Gasteiger partial charge in [-0.1, -0.05) is 12.8 Å². The molecule has 0 spiro atoms. The maximum Gasteiger partial charge on any atom is 0.354 e. The molecule has 1 amide bonds. The summed E-state index contributed by atoms with van der Waals surface area (Å²) in [6.45, 7) is 8.58. The number of carbonyl (C=O) groups excluding carboxylic acids is 3. The molecule has 0 N–H and O–H groups in total. The summed E-state index contributed by atoms with van der Waals surface area (Å²) < 4.78 is 6.69. The number of nitrogens with zero attached hydrogens (tertiary/aromatic N) is 2. The normalized spacial score (nSPS) is 14.5. The minimum Gasteiger partial charge on any atom is -0.464 e. The van der Waals surface area contributed by atoms with Crippen LogP contribution in [0.2, 0.25) is 0 Å². The highest BCUT2D eigenvalue weighted by atomic mass is 16.5. The predicted molar refractivity (Wildman–Crippen MR) is 99.5 cm³/mol. The van der Waals surface area contributed by atoms with Gasteiger partial charge in [0, 0.05) is 30.3 Å². The number of Topliss-reactive ketones (excluding diaryl/α,β-unsaturated/α-hetero) is 1. The van der Waals surface area contributed by atoms with E-state index in [1.807, 2.05) is 25.3 Å². The maximum absolute atomic E-state index is 13.0. The van der Waals surface area contributed by atoms with Gasteiger partial charge in [-0.2, -0.15) is 0 Å². The van der Waals surface area contributed by atoms with Crippen molar-refractivity contribution in [3.8, 4) is 0 Å². The van der Waals surface area contributed by atoms with Gasteiger partial charge in [0.25, 0.3) is 0 Å². The Labute approximate surface area is 155 Å². The monoisotopic (exact) mass is 362 g/mol. The quantitative estimate of drug-likeness (QED) is 0.552. The molecule has 1 aromatic heterocycles. The van der Waals surface area contributed by atoms with E-state index in [4.69, 9.17) is 4.74 Å². The van der Waals surface area contributed by atoms with E-state index in [9.17, 15) is 14.4 Å². The van der Waals surface area contributed by atoms with Crippen molar-refractivity contribution in [2.75, 3.05) is 20.2 Å². The number of likely N-dealkylation sites (N-methyl/N-ethyl adjacent to an activating group) is 1. The number of methoxy groups -OCH3 is 1. The molecular formula is C20H30N2O4. The standard InChI is InChI=1S/C20H30N2O4/c1-6-21(19(24)15-10-8-9-11-15)12-16(23)17-13(3)18(20(25)26-5)22(7-2)14(17)4/h15H,6-12H2,1-5H3. The lowest BCUT2D eigenvalue weighted by molar-refractivity contribution is -0.134. The smallest absolute Gasteiger partial charge is 0.354 e. The summed E-state index contributed by atoms with van der Waals surface area (Å²) in [5, 5.41) is 0. The second-order valence-corrected chi connectivity index (χ2v) is 6.93. The first-order valence-corrected chi connectivity index (χ1v) is 9.47. The first kappa shape index (κ1) is 20.2. The topological polar surface area (TPSA) is 68.6 Å². The van der Waals surface area contributed by atoms with Crippen LogP contribution in [0, 0.1) is 19.8 Å². The first-order chi connectivity index (χ1) is 12.4. The minimum absolute atomic E-state index is 0.0517. The van der Waals surface area contributed by atoms with Crippen LogP contribution in [0.1, 0.15) is 71.6 Å². The van der Waals surface area contributed by atoms with Crippen molar-refractivity contribution in [2.45, 2.75) is 59.9 Å². The van der Waals surface area contributed by atoms with Crippen molar-refractivity contribution < 1.29 is 19.1 Å². The Hall–Kier alpha value is -2.11. The summed E-state index contributed by atoms with van der Waals surface area (Å²) in [5.74, 6) is -0.431. The average Bonchev–Trinajstić information content (AvgIpc) is 3.24. The molecule has 6 nitrogen and oxygen atoms in total. The Morgan fingerprint density at radius 3 is 2.27 bits per heavy atom. The number of ether oxygens (including phenoxy) is 1. The lowest BCUT2D eigenvalue weighted by Gasteiger charge is -2.23. The van der Waals surface area contributed by atoms with Crippen molar-refractivity contribution in [3.05, 3.63) is 22.5 Å². The number of hydrogen-bond donors (Lipinski definition) is 0. The summed E-state index contributed by atoms with van der Waals surface area (Å²) in [5.41, 5.74) is 2.33. The fourth-order valence-electron chi connectivity index (χ4n) is 4.09. The Balaban J connectivity index is 2.29. The SMILES string of the molecule is CCN(CC(=O)c1c(C)c(C(=O)OC)n(CC)c1C)C(=O)C1CCCC1. The third-order valence-electron chi connectivity index (χ3n) is 5.47. The van der Waals surface area contributed by atoms with Crippen molar-refractivity contribution >= 4 is 17.7 Å². The molecule has 0 atom stereocenters. The molecule has 0 aliphatic heterocycles. The third-order valence-corrected chi connectivity index (χ3v) is 5.47. The summed E-state index contributed by atoms with van der Waals surface area (Å²) in [7, 11) is 1.34. The molecule has 0 unspecified atom stereocenters. The summed E-state index contributed by atoms with van der Waals surface area (Å²) in [4.78, 5) is 39.5. The lowest BCUT2D eigenvalue weighted by atomic mass is 10.0. The Morgan fingerprint density at radius 1 is 1.15 bits per heavy atom. The molecule has 1 fully saturated rings. The van der Waals surface area contributed by atoms with Crippen LogP contribution in [0.5, 0.6) is 0 Å². The number of esters is 1. The zero-order valence-electron chi connectivity index (χ0n) is 16.6. The van der Waals surface area contributed by atoms with Gasteiger partial charge in [-0.05, 0) is 46.1 Å². The molecule has 26 heavy (non-hydrogen) atoms. The molecule has 0 aromatic carbocycles. The van der Waals surface area contributed by atoms with Crippen LogP contribution in [0.15, 0.2) is 0 Å². The highest BCUT2D eigenvalue weighted by Gasteiger charge is 2.30. The molecule has 1 aromatic rings. The van der Waals surface area contributed by atoms with Crippen LogP contribution in [0.3, 0.4) is 0 Å². The van der Waals surface area contributed by atoms with Gasteiger partial charge in [0.05, 0.1) is 13.7 Å². The summed E-state index contributed by atoms with van der Waals surface area (Å²) >= 11 is 0. The van der Waals surface area contributed by atoms with E-state index in [-0.39, 0.29) is 24.2 Å². The van der Waals surface area contributed by atoms with Gasteiger partial charge >= 0.3 is 5.97 Å². The fourth-order valence-corrected chi connectivity index (χ4v) is 4.09. The van der Waals surface area contributed by atoms with Crippen molar-refractivity contribution in [2.24, 2.45) is 5.92 Å². The van der Waals surface area contributed by atoms with E-state index in [1.54, 1.807) is 11.8 Å². The highest BCUT2D eigenvalue weighted by molar-refractivity contribution is 6.04. The van der Waals surface area contributed by atoms with Crippen LogP contribution in [-0.2, 0) is 16.1 Å². The largest absolute Gasteiger partial charge is 0.464 e. The van der Waals surface area contributed by atoms with E-state index in [0.29, 0.717) is 29.9 Å². The molecule has 0 saturated heterocycles. The molecular weight excluding hydrogens is 332 g/mol. The number of carbonyl (C=O) groups is 3. The summed E-state index contributed by atoms with van der Waals surface area (Å²) in [6, 6.07) is 0. The molecule has 6 heteroatoms. The lowest BCUT2D eigenvalue weighted by Crippen LogP contribution is -2.39. The molecule has 0 bridgehead atoms. The van der Waals surface area contributed by atoms with Gasteiger partial charge in [0.1, 0.15) is 5.69 Å². The number of amides is 1. The van der Waals surface area contributed by atoms with Crippen LogP contribution < -0.4 is 0 Å². The molecule has 0 radical (unpaired) electrons. The third kappa shape index (κ3) is 3.69. The molecule has 1 aliphatic carbocycles. The average molecular weight is 362 g/mol. The molecule has 1 saturated carbocycles. The zero-order chi connectivity index (χ0) is 19.4. The molecule has 1 heterocycles. The minimum atomic E-state index is -0.444. The Morgan fingerprint density at radius 2 is 1.77 bits per heavy atom. The maximum atomic E-state index is 13.0. The summed E-state index contributed by atoms with van der Waals surface area (Å²) in [6.07, 6.45) is 4.00. The van der Waals surface area contributed by atoms with Crippen LogP contribution in [0.4, 0.5) is 0 Å². The fraction of sp³-hybridized carbons (Fsp3) is 0.650. The van der Waals surface area contributed by atoms with Gasteiger partial charge in [-0.25, -0.2) is 4.79 Å². The van der Waals surface area contributed by atoms with Gasteiger partial charge in [0.2, 0.25) is 5.91 Å². The zero-order valence-corrected chi connectivity index (χ0v) is 16.6. The van der Waals surface area contributed by atoms with E-state index in [1.165, 1.54) is 7.11 Å². The highest BCUT2D eigenvalue weighted by Crippen LogP contribution is 2.27. The Bertz CT molecular complexity index is 699. The number of ketones is 1. The van der Waals surface area contributed by atoms with Gasteiger partial charge in [0.15, 0.2) is 5.78 Å². The van der Waals surface area contributed by atoms with Gasteiger partial charge in [-0.15, -0.1) is 0 Å². The second-order valence-electron chi connectivity index (χ2n) is 6.93.